The molecule has 19 heavy (non-hydrogen) atoms. The normalized spacial score (nSPS) is 12.1. The number of para-hydroxylation sites is 2. The Morgan fingerprint density at radius 2 is 2.00 bits per heavy atom. The summed E-state index contributed by atoms with van der Waals surface area (Å²) in [6, 6.07) is 12.4. The van der Waals surface area contributed by atoms with Gasteiger partial charge in [0.25, 0.3) is 0 Å². The van der Waals surface area contributed by atoms with Crippen molar-refractivity contribution in [3.05, 3.63) is 46.7 Å². The highest BCUT2D eigenvalue weighted by Crippen LogP contribution is 2.31. The van der Waals surface area contributed by atoms with E-state index >= 15 is 0 Å². The van der Waals surface area contributed by atoms with Crippen LogP contribution in [0.15, 0.2) is 41.8 Å². The van der Waals surface area contributed by atoms with Crippen molar-refractivity contribution in [2.75, 3.05) is 5.73 Å². The van der Waals surface area contributed by atoms with E-state index in [0.29, 0.717) is 5.95 Å². The summed E-state index contributed by atoms with van der Waals surface area (Å²) in [5.74, 6) is 0.589. The van der Waals surface area contributed by atoms with Crippen LogP contribution < -0.4 is 5.73 Å². The number of nitrogens with two attached hydrogens (primary N) is 1. The topological polar surface area (TPSA) is 43.8 Å². The van der Waals surface area contributed by atoms with Gasteiger partial charge < -0.3 is 10.3 Å². The fourth-order valence-corrected chi connectivity index (χ4v) is 3.24. The molecule has 2 aromatic heterocycles. The third-order valence-electron chi connectivity index (χ3n) is 3.43. The predicted molar refractivity (Wildman–Crippen MR) is 81.5 cm³/mol. The van der Waals surface area contributed by atoms with E-state index in [-0.39, 0.29) is 5.41 Å². The molecule has 0 amide bonds. The zero-order valence-electron chi connectivity index (χ0n) is 11.1. The maximum absolute atomic E-state index is 6.07. The van der Waals surface area contributed by atoms with Gasteiger partial charge in [0, 0.05) is 16.8 Å². The molecule has 3 rings (SSSR count). The Morgan fingerprint density at radius 1 is 1.21 bits per heavy atom. The van der Waals surface area contributed by atoms with E-state index in [1.165, 1.54) is 4.88 Å². The summed E-state index contributed by atoms with van der Waals surface area (Å²) in [4.78, 5) is 5.79. The lowest BCUT2D eigenvalue weighted by Crippen LogP contribution is -2.24. The molecule has 98 valence electrons. The SMILES string of the molecule is CC(C)(Cn1c(N)nc2ccccc21)c1cccs1. The number of rotatable bonds is 3. The summed E-state index contributed by atoms with van der Waals surface area (Å²) in [5, 5.41) is 2.12. The number of nitrogen functional groups attached to an aromatic ring is 1. The number of hydrogen-bond acceptors (Lipinski definition) is 3. The molecule has 3 aromatic rings. The van der Waals surface area contributed by atoms with E-state index in [1.807, 2.05) is 18.2 Å². The highest BCUT2D eigenvalue weighted by molar-refractivity contribution is 7.10. The van der Waals surface area contributed by atoms with Gasteiger partial charge in [-0.05, 0) is 23.6 Å². The molecule has 0 aliphatic heterocycles. The van der Waals surface area contributed by atoms with Crippen LogP contribution in [-0.4, -0.2) is 9.55 Å². The number of benzene rings is 1. The van der Waals surface area contributed by atoms with Crippen molar-refractivity contribution in [3.63, 3.8) is 0 Å². The summed E-state index contributed by atoms with van der Waals surface area (Å²) in [5.41, 5.74) is 8.18. The van der Waals surface area contributed by atoms with Gasteiger partial charge in [-0.3, -0.25) is 0 Å². The summed E-state index contributed by atoms with van der Waals surface area (Å²) in [6.45, 7) is 5.32. The first-order valence-electron chi connectivity index (χ1n) is 6.33. The zero-order valence-corrected chi connectivity index (χ0v) is 11.9. The lowest BCUT2D eigenvalue weighted by atomic mass is 9.91. The average Bonchev–Trinajstić information content (AvgIpc) is 2.99. The van der Waals surface area contributed by atoms with Crippen LogP contribution in [0.3, 0.4) is 0 Å². The fourth-order valence-electron chi connectivity index (χ4n) is 2.40. The first kappa shape index (κ1) is 12.2. The molecule has 2 heterocycles. The fraction of sp³-hybridized carbons (Fsp3) is 0.267. The van der Waals surface area contributed by atoms with Crippen LogP contribution in [0.5, 0.6) is 0 Å². The van der Waals surface area contributed by atoms with Gasteiger partial charge >= 0.3 is 0 Å². The van der Waals surface area contributed by atoms with E-state index in [4.69, 9.17) is 5.73 Å². The van der Waals surface area contributed by atoms with Crippen LogP contribution in [-0.2, 0) is 12.0 Å². The highest BCUT2D eigenvalue weighted by atomic mass is 32.1. The van der Waals surface area contributed by atoms with Crippen LogP contribution in [0, 0.1) is 0 Å². The summed E-state index contributed by atoms with van der Waals surface area (Å²) >= 11 is 1.79. The van der Waals surface area contributed by atoms with E-state index < -0.39 is 0 Å². The smallest absolute Gasteiger partial charge is 0.201 e. The summed E-state index contributed by atoms with van der Waals surface area (Å²) in [7, 11) is 0. The third kappa shape index (κ3) is 2.12. The number of aromatic nitrogens is 2. The van der Waals surface area contributed by atoms with Crippen LogP contribution in [0.1, 0.15) is 18.7 Å². The van der Waals surface area contributed by atoms with Gasteiger partial charge in [-0.1, -0.05) is 32.0 Å². The lowest BCUT2D eigenvalue weighted by molar-refractivity contribution is 0.453. The first-order valence-corrected chi connectivity index (χ1v) is 7.21. The Balaban J connectivity index is 2.04. The number of imidazole rings is 1. The maximum Gasteiger partial charge on any atom is 0.201 e. The quantitative estimate of drug-likeness (QED) is 0.790. The highest BCUT2D eigenvalue weighted by Gasteiger charge is 2.24. The molecular weight excluding hydrogens is 254 g/mol. The van der Waals surface area contributed by atoms with Gasteiger partial charge in [0.05, 0.1) is 11.0 Å². The molecule has 0 saturated heterocycles. The minimum atomic E-state index is 0.0474. The molecule has 1 aromatic carbocycles. The monoisotopic (exact) mass is 271 g/mol. The van der Waals surface area contributed by atoms with E-state index in [9.17, 15) is 0 Å². The second-order valence-corrected chi connectivity index (χ2v) is 6.35. The minimum absolute atomic E-state index is 0.0474. The van der Waals surface area contributed by atoms with E-state index in [1.54, 1.807) is 11.3 Å². The molecule has 0 unspecified atom stereocenters. The molecule has 0 radical (unpaired) electrons. The van der Waals surface area contributed by atoms with E-state index in [2.05, 4.69) is 47.0 Å². The minimum Gasteiger partial charge on any atom is -0.369 e. The van der Waals surface area contributed by atoms with Crippen molar-refractivity contribution in [3.8, 4) is 0 Å². The summed E-state index contributed by atoms with van der Waals surface area (Å²) in [6.07, 6.45) is 0. The molecule has 0 aliphatic rings. The molecule has 0 spiro atoms. The van der Waals surface area contributed by atoms with Crippen LogP contribution in [0.25, 0.3) is 11.0 Å². The second kappa shape index (κ2) is 4.38. The lowest BCUT2D eigenvalue weighted by Gasteiger charge is -2.24. The molecule has 2 N–H and O–H groups in total. The Morgan fingerprint density at radius 3 is 2.74 bits per heavy atom. The molecule has 0 atom stereocenters. The molecule has 0 fully saturated rings. The Bertz CT molecular complexity index is 695. The molecular formula is C15H17N3S. The number of fused-ring (bicyclic) bond motifs is 1. The molecule has 0 saturated carbocycles. The Labute approximate surface area is 116 Å². The van der Waals surface area contributed by atoms with Gasteiger partial charge in [-0.2, -0.15) is 0 Å². The van der Waals surface area contributed by atoms with Gasteiger partial charge in [0.1, 0.15) is 0 Å². The molecule has 3 nitrogen and oxygen atoms in total. The number of anilines is 1. The van der Waals surface area contributed by atoms with Crippen molar-refractivity contribution in [2.45, 2.75) is 25.8 Å². The van der Waals surface area contributed by atoms with Crippen molar-refractivity contribution in [1.29, 1.82) is 0 Å². The average molecular weight is 271 g/mol. The number of hydrogen-bond donors (Lipinski definition) is 1. The number of thiophene rings is 1. The number of nitrogens with zero attached hydrogens (tertiary/aromatic N) is 2. The molecule has 4 heteroatoms. The van der Waals surface area contributed by atoms with Crippen LogP contribution >= 0.6 is 11.3 Å². The van der Waals surface area contributed by atoms with Crippen LogP contribution in [0.4, 0.5) is 5.95 Å². The molecule has 0 aliphatic carbocycles. The standard InChI is InChI=1S/C15H17N3S/c1-15(2,13-8-5-9-19-13)10-18-12-7-4-3-6-11(12)17-14(18)16/h3-9H,10H2,1-2H3,(H2,16,17). The van der Waals surface area contributed by atoms with Crippen molar-refractivity contribution in [1.82, 2.24) is 9.55 Å². The van der Waals surface area contributed by atoms with Crippen LogP contribution in [0.2, 0.25) is 0 Å². The van der Waals surface area contributed by atoms with Crippen molar-refractivity contribution in [2.24, 2.45) is 0 Å². The van der Waals surface area contributed by atoms with Gasteiger partial charge in [0.15, 0.2) is 0 Å². The maximum atomic E-state index is 6.07. The van der Waals surface area contributed by atoms with E-state index in [0.717, 1.165) is 17.6 Å². The van der Waals surface area contributed by atoms with Crippen molar-refractivity contribution < 1.29 is 0 Å². The zero-order chi connectivity index (χ0) is 13.5. The third-order valence-corrected chi connectivity index (χ3v) is 4.66. The summed E-state index contributed by atoms with van der Waals surface area (Å²) < 4.78 is 2.11. The van der Waals surface area contributed by atoms with Gasteiger partial charge in [-0.25, -0.2) is 4.98 Å². The predicted octanol–water partition coefficient (Wildman–Crippen LogP) is 3.66. The Kier molecular flexibility index (Phi) is 2.82. The molecule has 0 bridgehead atoms. The second-order valence-electron chi connectivity index (χ2n) is 5.41. The largest absolute Gasteiger partial charge is 0.369 e. The van der Waals surface area contributed by atoms with Gasteiger partial charge in [0.2, 0.25) is 5.95 Å². The first-order chi connectivity index (χ1) is 9.08. The van der Waals surface area contributed by atoms with Crippen molar-refractivity contribution >= 4 is 28.3 Å². The van der Waals surface area contributed by atoms with Gasteiger partial charge in [-0.15, -0.1) is 11.3 Å². The Hall–Kier alpha value is -1.81.